The van der Waals surface area contributed by atoms with Crippen LogP contribution in [-0.2, 0) is 19.1 Å². The SMILES string of the molecule is CCCCOC(=O)/C=C/C(=O)OC1CCCCC1C. The van der Waals surface area contributed by atoms with Crippen LogP contribution in [0.4, 0.5) is 0 Å². The number of hydrogen-bond donors (Lipinski definition) is 0. The normalized spacial score (nSPS) is 23.3. The van der Waals surface area contributed by atoms with Crippen molar-refractivity contribution in [2.75, 3.05) is 6.61 Å². The quantitative estimate of drug-likeness (QED) is 0.422. The molecule has 1 aliphatic rings. The molecule has 0 amide bonds. The summed E-state index contributed by atoms with van der Waals surface area (Å²) in [5.74, 6) is -0.532. The van der Waals surface area contributed by atoms with Gasteiger partial charge in [0.25, 0.3) is 0 Å². The lowest BCUT2D eigenvalue weighted by Gasteiger charge is -2.27. The highest BCUT2D eigenvalue weighted by Gasteiger charge is 2.23. The molecule has 0 radical (unpaired) electrons. The van der Waals surface area contributed by atoms with Crippen molar-refractivity contribution < 1.29 is 19.1 Å². The number of hydrogen-bond acceptors (Lipinski definition) is 4. The Morgan fingerprint density at radius 2 is 1.84 bits per heavy atom. The van der Waals surface area contributed by atoms with Crippen LogP contribution in [0, 0.1) is 5.92 Å². The van der Waals surface area contributed by atoms with Crippen LogP contribution >= 0.6 is 0 Å². The molecule has 2 unspecified atom stereocenters. The number of ether oxygens (including phenoxy) is 2. The van der Waals surface area contributed by atoms with E-state index >= 15 is 0 Å². The van der Waals surface area contributed by atoms with Crippen LogP contribution in [0.3, 0.4) is 0 Å². The van der Waals surface area contributed by atoms with Crippen molar-refractivity contribution in [3.8, 4) is 0 Å². The van der Waals surface area contributed by atoms with E-state index in [0.717, 1.165) is 44.3 Å². The van der Waals surface area contributed by atoms with Gasteiger partial charge < -0.3 is 9.47 Å². The lowest BCUT2D eigenvalue weighted by Crippen LogP contribution is -2.27. The van der Waals surface area contributed by atoms with Crippen LogP contribution in [0.1, 0.15) is 52.4 Å². The zero-order valence-corrected chi connectivity index (χ0v) is 11.9. The Bertz CT molecular complexity index is 322. The summed E-state index contributed by atoms with van der Waals surface area (Å²) in [6.07, 6.45) is 8.42. The highest BCUT2D eigenvalue weighted by Crippen LogP contribution is 2.26. The molecule has 0 N–H and O–H groups in total. The summed E-state index contributed by atoms with van der Waals surface area (Å²) in [6, 6.07) is 0. The smallest absolute Gasteiger partial charge is 0.331 e. The van der Waals surface area contributed by atoms with E-state index < -0.39 is 11.9 Å². The number of carbonyl (C=O) groups is 2. The molecule has 2 atom stereocenters. The van der Waals surface area contributed by atoms with E-state index in [9.17, 15) is 9.59 Å². The number of unbranched alkanes of at least 4 members (excludes halogenated alkanes) is 1. The molecule has 0 spiro atoms. The molecule has 0 bridgehead atoms. The van der Waals surface area contributed by atoms with Gasteiger partial charge in [0.05, 0.1) is 6.61 Å². The second kappa shape index (κ2) is 8.73. The van der Waals surface area contributed by atoms with Gasteiger partial charge in [0.2, 0.25) is 0 Å². The molecule has 4 nitrogen and oxygen atoms in total. The minimum Gasteiger partial charge on any atom is -0.463 e. The van der Waals surface area contributed by atoms with E-state index in [1.165, 1.54) is 6.42 Å². The zero-order chi connectivity index (χ0) is 14.1. The van der Waals surface area contributed by atoms with Gasteiger partial charge in [-0.1, -0.05) is 26.7 Å². The van der Waals surface area contributed by atoms with E-state index in [1.807, 2.05) is 6.92 Å². The van der Waals surface area contributed by atoms with Crippen LogP contribution in [0.15, 0.2) is 12.2 Å². The molecule has 0 aromatic heterocycles. The third-order valence-corrected chi connectivity index (χ3v) is 3.40. The largest absolute Gasteiger partial charge is 0.463 e. The molecule has 1 saturated carbocycles. The Kier molecular flexibility index (Phi) is 7.23. The van der Waals surface area contributed by atoms with Gasteiger partial charge in [-0.25, -0.2) is 9.59 Å². The molecule has 0 saturated heterocycles. The van der Waals surface area contributed by atoms with Crippen LogP contribution in [0.2, 0.25) is 0 Å². The third-order valence-electron chi connectivity index (χ3n) is 3.40. The highest BCUT2D eigenvalue weighted by atomic mass is 16.5. The van der Waals surface area contributed by atoms with Gasteiger partial charge in [0.15, 0.2) is 0 Å². The Balaban J connectivity index is 2.27. The number of carbonyl (C=O) groups excluding carboxylic acids is 2. The summed E-state index contributed by atoms with van der Waals surface area (Å²) in [4.78, 5) is 22.8. The summed E-state index contributed by atoms with van der Waals surface area (Å²) in [6.45, 7) is 4.51. The predicted molar refractivity (Wildman–Crippen MR) is 72.5 cm³/mol. The minimum atomic E-state index is -0.484. The Hall–Kier alpha value is -1.32. The molecular weight excluding hydrogens is 244 g/mol. The highest BCUT2D eigenvalue weighted by molar-refractivity contribution is 5.91. The van der Waals surface area contributed by atoms with Gasteiger partial charge in [0.1, 0.15) is 6.10 Å². The molecule has 108 valence electrons. The summed E-state index contributed by atoms with van der Waals surface area (Å²) < 4.78 is 10.3. The molecule has 0 aromatic carbocycles. The molecule has 0 aliphatic heterocycles. The van der Waals surface area contributed by atoms with Gasteiger partial charge in [-0.15, -0.1) is 0 Å². The molecule has 1 rings (SSSR count). The van der Waals surface area contributed by atoms with Crippen LogP contribution in [-0.4, -0.2) is 24.6 Å². The minimum absolute atomic E-state index is 0.0120. The fourth-order valence-electron chi connectivity index (χ4n) is 2.15. The number of rotatable bonds is 6. The van der Waals surface area contributed by atoms with Crippen LogP contribution in [0.25, 0.3) is 0 Å². The maximum Gasteiger partial charge on any atom is 0.331 e. The molecule has 1 fully saturated rings. The van der Waals surface area contributed by atoms with E-state index in [0.29, 0.717) is 12.5 Å². The molecule has 0 heterocycles. The van der Waals surface area contributed by atoms with Crippen molar-refractivity contribution >= 4 is 11.9 Å². The average Bonchev–Trinajstić information content (AvgIpc) is 2.39. The van der Waals surface area contributed by atoms with Gasteiger partial charge in [-0.05, 0) is 31.6 Å². The molecule has 0 aromatic rings. The molecule has 19 heavy (non-hydrogen) atoms. The monoisotopic (exact) mass is 268 g/mol. The maximum absolute atomic E-state index is 11.6. The second-order valence-electron chi connectivity index (χ2n) is 5.09. The first-order valence-electron chi connectivity index (χ1n) is 7.19. The Labute approximate surface area is 115 Å². The topological polar surface area (TPSA) is 52.6 Å². The summed E-state index contributed by atoms with van der Waals surface area (Å²) >= 11 is 0. The standard InChI is InChI=1S/C15H24O4/c1-3-4-11-18-14(16)9-10-15(17)19-13-8-6-5-7-12(13)2/h9-10,12-13H,3-8,11H2,1-2H3/b10-9+. The first-order chi connectivity index (χ1) is 9.13. The first-order valence-corrected chi connectivity index (χ1v) is 7.19. The molecule has 1 aliphatic carbocycles. The zero-order valence-electron chi connectivity index (χ0n) is 11.9. The van der Waals surface area contributed by atoms with Crippen molar-refractivity contribution in [1.82, 2.24) is 0 Å². The second-order valence-corrected chi connectivity index (χ2v) is 5.09. The number of esters is 2. The van der Waals surface area contributed by atoms with E-state index in [4.69, 9.17) is 9.47 Å². The first kappa shape index (κ1) is 15.7. The Morgan fingerprint density at radius 3 is 2.53 bits per heavy atom. The van der Waals surface area contributed by atoms with E-state index in [2.05, 4.69) is 6.92 Å². The lowest BCUT2D eigenvalue weighted by molar-refractivity contribution is -0.147. The van der Waals surface area contributed by atoms with Gasteiger partial charge >= 0.3 is 11.9 Å². The summed E-state index contributed by atoms with van der Waals surface area (Å²) in [5.41, 5.74) is 0. The fourth-order valence-corrected chi connectivity index (χ4v) is 2.15. The maximum atomic E-state index is 11.6. The van der Waals surface area contributed by atoms with Gasteiger partial charge in [0, 0.05) is 12.2 Å². The van der Waals surface area contributed by atoms with E-state index in [-0.39, 0.29) is 6.10 Å². The van der Waals surface area contributed by atoms with Crippen molar-refractivity contribution in [3.63, 3.8) is 0 Å². The summed E-state index contributed by atoms with van der Waals surface area (Å²) in [7, 11) is 0. The predicted octanol–water partition coefficient (Wildman–Crippen LogP) is 3.01. The third kappa shape index (κ3) is 6.41. The lowest BCUT2D eigenvalue weighted by atomic mass is 9.88. The van der Waals surface area contributed by atoms with Crippen LogP contribution in [0.5, 0.6) is 0 Å². The van der Waals surface area contributed by atoms with Gasteiger partial charge in [-0.2, -0.15) is 0 Å². The van der Waals surface area contributed by atoms with Crippen molar-refractivity contribution in [2.45, 2.75) is 58.5 Å². The van der Waals surface area contributed by atoms with Crippen molar-refractivity contribution in [3.05, 3.63) is 12.2 Å². The molecule has 4 heteroatoms. The molecular formula is C15H24O4. The fraction of sp³-hybridized carbons (Fsp3) is 0.733. The van der Waals surface area contributed by atoms with Gasteiger partial charge in [-0.3, -0.25) is 0 Å². The van der Waals surface area contributed by atoms with Crippen LogP contribution < -0.4 is 0 Å². The van der Waals surface area contributed by atoms with Crippen molar-refractivity contribution in [2.24, 2.45) is 5.92 Å². The average molecular weight is 268 g/mol. The van der Waals surface area contributed by atoms with Crippen molar-refractivity contribution in [1.29, 1.82) is 0 Å². The summed E-state index contributed by atoms with van der Waals surface area (Å²) in [5, 5.41) is 0. The van der Waals surface area contributed by atoms with E-state index in [1.54, 1.807) is 0 Å². The Morgan fingerprint density at radius 1 is 1.16 bits per heavy atom.